The van der Waals surface area contributed by atoms with Crippen molar-refractivity contribution >= 4 is 5.69 Å². The topological polar surface area (TPSA) is 53.3 Å². The van der Waals surface area contributed by atoms with Gasteiger partial charge in [-0.2, -0.15) is 5.10 Å². The number of aliphatic hydroxyl groups is 1. The van der Waals surface area contributed by atoms with Crippen molar-refractivity contribution in [2.45, 2.75) is 32.4 Å². The average Bonchev–Trinajstić information content (AvgIpc) is 2.99. The molecule has 1 aromatic carbocycles. The average molecular weight is 316 g/mol. The summed E-state index contributed by atoms with van der Waals surface area (Å²) in [7, 11) is 3.94. The highest BCUT2D eigenvalue weighted by Crippen LogP contribution is 2.22. The monoisotopic (exact) mass is 316 g/mol. The second kappa shape index (κ2) is 7.15. The van der Waals surface area contributed by atoms with Crippen LogP contribution in [-0.4, -0.2) is 35.0 Å². The Kier molecular flexibility index (Phi) is 5.44. The van der Waals surface area contributed by atoms with Crippen LogP contribution in [0.1, 0.15) is 37.9 Å². The zero-order valence-corrected chi connectivity index (χ0v) is 14.7. The Morgan fingerprint density at radius 1 is 1.35 bits per heavy atom. The van der Waals surface area contributed by atoms with Gasteiger partial charge in [0.05, 0.1) is 6.20 Å². The van der Waals surface area contributed by atoms with Gasteiger partial charge in [-0.05, 0) is 38.5 Å². The molecule has 0 spiro atoms. The van der Waals surface area contributed by atoms with Gasteiger partial charge in [-0.1, -0.05) is 12.1 Å². The summed E-state index contributed by atoms with van der Waals surface area (Å²) in [6, 6.07) is 8.71. The molecule has 0 aliphatic carbocycles. The van der Waals surface area contributed by atoms with Gasteiger partial charge in [0, 0.05) is 50.7 Å². The van der Waals surface area contributed by atoms with Crippen LogP contribution >= 0.6 is 0 Å². The van der Waals surface area contributed by atoms with Crippen LogP contribution in [0.25, 0.3) is 0 Å². The minimum Gasteiger partial charge on any atom is -0.384 e. The van der Waals surface area contributed by atoms with Crippen LogP contribution in [-0.2, 0) is 12.6 Å². The Morgan fingerprint density at radius 3 is 2.52 bits per heavy atom. The summed E-state index contributed by atoms with van der Waals surface area (Å²) in [5.74, 6) is 0. The predicted molar refractivity (Wildman–Crippen MR) is 94.6 cm³/mol. The Balaban J connectivity index is 1.97. The Labute approximate surface area is 138 Å². The molecule has 1 aromatic heterocycles. The predicted octanol–water partition coefficient (Wildman–Crippen LogP) is 2.43. The van der Waals surface area contributed by atoms with Crippen molar-refractivity contribution in [3.05, 3.63) is 47.8 Å². The molecule has 2 atom stereocenters. The quantitative estimate of drug-likeness (QED) is 0.824. The van der Waals surface area contributed by atoms with E-state index in [1.807, 2.05) is 20.2 Å². The Bertz CT molecular complexity index is 618. The molecule has 1 heterocycles. The lowest BCUT2D eigenvalue weighted by Crippen LogP contribution is -2.36. The largest absolute Gasteiger partial charge is 0.384 e. The minimum atomic E-state index is -0.940. The number of nitrogens with zero attached hydrogens (tertiary/aromatic N) is 3. The molecule has 0 radical (unpaired) electrons. The number of hydrogen-bond donors (Lipinski definition) is 2. The van der Waals surface area contributed by atoms with E-state index in [1.54, 1.807) is 10.9 Å². The standard InChI is InChI=1S/C18H28N4O/c1-6-21(4)17-9-7-15(8-10-17)14(2)19-13-18(3,23)16-11-20-22(5)12-16/h7-12,14,19,23H,6,13H2,1-5H3. The van der Waals surface area contributed by atoms with Crippen LogP contribution in [0.5, 0.6) is 0 Å². The highest BCUT2D eigenvalue weighted by atomic mass is 16.3. The third kappa shape index (κ3) is 4.33. The number of benzene rings is 1. The molecule has 5 nitrogen and oxygen atoms in total. The minimum absolute atomic E-state index is 0.166. The second-order valence-electron chi connectivity index (χ2n) is 6.38. The lowest BCUT2D eigenvalue weighted by Gasteiger charge is -2.25. The molecule has 2 unspecified atom stereocenters. The molecular formula is C18H28N4O. The van der Waals surface area contributed by atoms with Crippen molar-refractivity contribution in [3.8, 4) is 0 Å². The van der Waals surface area contributed by atoms with E-state index in [4.69, 9.17) is 0 Å². The van der Waals surface area contributed by atoms with Crippen LogP contribution in [0.2, 0.25) is 0 Å². The maximum absolute atomic E-state index is 10.6. The van der Waals surface area contributed by atoms with Crippen LogP contribution in [0.3, 0.4) is 0 Å². The first-order valence-electron chi connectivity index (χ1n) is 8.09. The van der Waals surface area contributed by atoms with Gasteiger partial charge >= 0.3 is 0 Å². The number of rotatable bonds is 7. The first-order valence-corrected chi connectivity index (χ1v) is 8.09. The molecule has 0 bridgehead atoms. The fourth-order valence-electron chi connectivity index (χ4n) is 2.47. The zero-order chi connectivity index (χ0) is 17.0. The molecule has 2 rings (SSSR count). The number of anilines is 1. The molecule has 2 N–H and O–H groups in total. The van der Waals surface area contributed by atoms with E-state index in [-0.39, 0.29) is 6.04 Å². The van der Waals surface area contributed by atoms with Crippen molar-refractivity contribution in [1.29, 1.82) is 0 Å². The van der Waals surface area contributed by atoms with Gasteiger partial charge in [0.15, 0.2) is 0 Å². The van der Waals surface area contributed by atoms with E-state index in [9.17, 15) is 5.11 Å². The highest BCUT2D eigenvalue weighted by molar-refractivity contribution is 5.47. The molecule has 0 saturated carbocycles. The maximum atomic E-state index is 10.6. The molecule has 0 saturated heterocycles. The molecule has 5 heteroatoms. The molecule has 0 amide bonds. The van der Waals surface area contributed by atoms with E-state index in [0.717, 1.165) is 12.1 Å². The summed E-state index contributed by atoms with van der Waals surface area (Å²) in [4.78, 5) is 2.20. The Hall–Kier alpha value is -1.85. The van der Waals surface area contributed by atoms with Crippen molar-refractivity contribution < 1.29 is 5.11 Å². The maximum Gasteiger partial charge on any atom is 0.102 e. The second-order valence-corrected chi connectivity index (χ2v) is 6.38. The van der Waals surface area contributed by atoms with Gasteiger partial charge in [-0.25, -0.2) is 0 Å². The molecule has 0 fully saturated rings. The summed E-state index contributed by atoms with van der Waals surface area (Å²) in [5, 5.41) is 18.2. The first-order chi connectivity index (χ1) is 10.8. The van der Waals surface area contributed by atoms with E-state index in [2.05, 4.69) is 60.5 Å². The number of aromatic nitrogens is 2. The van der Waals surface area contributed by atoms with Gasteiger partial charge < -0.3 is 15.3 Å². The molecular weight excluding hydrogens is 288 g/mol. The number of aryl methyl sites for hydroxylation is 1. The van der Waals surface area contributed by atoms with Gasteiger partial charge in [0.1, 0.15) is 5.60 Å². The lowest BCUT2D eigenvalue weighted by atomic mass is 9.98. The first kappa shape index (κ1) is 17.5. The highest BCUT2D eigenvalue weighted by Gasteiger charge is 2.25. The van der Waals surface area contributed by atoms with E-state index < -0.39 is 5.60 Å². The molecule has 126 valence electrons. The van der Waals surface area contributed by atoms with Crippen LogP contribution in [0, 0.1) is 0 Å². The van der Waals surface area contributed by atoms with Crippen LogP contribution in [0.4, 0.5) is 5.69 Å². The van der Waals surface area contributed by atoms with Crippen LogP contribution in [0.15, 0.2) is 36.7 Å². The fourth-order valence-corrected chi connectivity index (χ4v) is 2.47. The molecule has 23 heavy (non-hydrogen) atoms. The fraction of sp³-hybridized carbons (Fsp3) is 0.500. The number of nitrogens with one attached hydrogen (secondary N) is 1. The molecule has 2 aromatic rings. The van der Waals surface area contributed by atoms with Gasteiger partial charge in [-0.15, -0.1) is 0 Å². The lowest BCUT2D eigenvalue weighted by molar-refractivity contribution is 0.0543. The van der Waals surface area contributed by atoms with E-state index in [1.165, 1.54) is 11.3 Å². The zero-order valence-electron chi connectivity index (χ0n) is 14.7. The smallest absolute Gasteiger partial charge is 0.102 e. The van der Waals surface area contributed by atoms with Crippen molar-refractivity contribution in [3.63, 3.8) is 0 Å². The summed E-state index contributed by atoms with van der Waals surface area (Å²) >= 11 is 0. The van der Waals surface area contributed by atoms with Gasteiger partial charge in [0.2, 0.25) is 0 Å². The molecule has 0 aliphatic rings. The van der Waals surface area contributed by atoms with Gasteiger partial charge in [0.25, 0.3) is 0 Å². The van der Waals surface area contributed by atoms with Gasteiger partial charge in [-0.3, -0.25) is 4.68 Å². The van der Waals surface area contributed by atoms with Crippen molar-refractivity contribution in [2.75, 3.05) is 25.0 Å². The Morgan fingerprint density at radius 2 is 2.00 bits per heavy atom. The summed E-state index contributed by atoms with van der Waals surface area (Å²) in [6.07, 6.45) is 3.56. The summed E-state index contributed by atoms with van der Waals surface area (Å²) < 4.78 is 1.70. The summed E-state index contributed by atoms with van der Waals surface area (Å²) in [5.41, 5.74) is 2.30. The summed E-state index contributed by atoms with van der Waals surface area (Å²) in [6.45, 7) is 7.51. The third-order valence-corrected chi connectivity index (χ3v) is 4.39. The van der Waals surface area contributed by atoms with E-state index >= 15 is 0 Å². The normalized spacial score (nSPS) is 15.2. The van der Waals surface area contributed by atoms with E-state index in [0.29, 0.717) is 6.54 Å². The third-order valence-electron chi connectivity index (χ3n) is 4.39. The van der Waals surface area contributed by atoms with Crippen molar-refractivity contribution in [1.82, 2.24) is 15.1 Å². The SMILES string of the molecule is CCN(C)c1ccc(C(C)NCC(C)(O)c2cnn(C)c2)cc1. The van der Waals surface area contributed by atoms with Crippen molar-refractivity contribution in [2.24, 2.45) is 7.05 Å². The molecule has 0 aliphatic heterocycles. The number of hydrogen-bond acceptors (Lipinski definition) is 4. The van der Waals surface area contributed by atoms with Crippen LogP contribution < -0.4 is 10.2 Å².